The zero-order valence-electron chi connectivity index (χ0n) is 9.19. The van der Waals surface area contributed by atoms with Crippen LogP contribution in [0.4, 0.5) is 0 Å². The Morgan fingerprint density at radius 2 is 1.50 bits per heavy atom. The van der Waals surface area contributed by atoms with Crippen molar-refractivity contribution in [3.05, 3.63) is 42.0 Å². The van der Waals surface area contributed by atoms with Gasteiger partial charge in [-0.05, 0) is 22.4 Å². The summed E-state index contributed by atoms with van der Waals surface area (Å²) in [5.74, 6) is -1.94. The predicted octanol–water partition coefficient (Wildman–Crippen LogP) is -5.72. The van der Waals surface area contributed by atoms with Gasteiger partial charge >= 0.3 is 103 Å². The molecule has 2 aromatic carbocycles. The summed E-state index contributed by atoms with van der Waals surface area (Å²) in [5.41, 5.74) is -0.288. The molecule has 0 unspecified atom stereocenters. The number of carbonyl (C=O) groups excluding carboxylic acids is 1. The van der Waals surface area contributed by atoms with E-state index in [1.54, 1.807) is 24.3 Å². The normalized spacial score (nSPS) is 9.00. The number of hydrogen-bond acceptors (Lipinski definition) is 3. The van der Waals surface area contributed by atoms with Gasteiger partial charge in [-0.2, -0.15) is 0 Å². The molecule has 0 heterocycles. The minimum Gasteiger partial charge on any atom is -0.872 e. The monoisotopic (exact) mass is 264 g/mol. The molecule has 0 aliphatic rings. The molecule has 2 rings (SSSR count). The third-order valence-electron chi connectivity index (χ3n) is 2.07. The minimum absolute atomic E-state index is 0. The van der Waals surface area contributed by atoms with Crippen molar-refractivity contribution in [2.45, 2.75) is 0 Å². The van der Waals surface area contributed by atoms with Crippen molar-refractivity contribution in [1.82, 2.24) is 0 Å². The van der Waals surface area contributed by atoms with E-state index in [4.69, 9.17) is 0 Å². The molecule has 0 saturated carbocycles. The fourth-order valence-electron chi connectivity index (χ4n) is 1.38. The van der Waals surface area contributed by atoms with Gasteiger partial charge in [0.15, 0.2) is 0 Å². The van der Waals surface area contributed by atoms with E-state index in [9.17, 15) is 15.0 Å². The molecule has 2 aromatic rings. The summed E-state index contributed by atoms with van der Waals surface area (Å²) in [5, 5.41) is 23.3. The average Bonchev–Trinajstić information content (AvgIpc) is 2.16. The Balaban J connectivity index is 0.00000112. The molecule has 0 bridgehead atoms. The summed E-state index contributed by atoms with van der Waals surface area (Å²) < 4.78 is 0. The van der Waals surface area contributed by atoms with Crippen molar-refractivity contribution >= 4 is 16.7 Å². The number of rotatable bonds is 1. The molecule has 0 radical (unpaired) electrons. The number of aromatic carboxylic acids is 1. The fraction of sp³-hybridized carbons (Fsp3) is 0. The van der Waals surface area contributed by atoms with Crippen LogP contribution in [-0.2, 0) is 0 Å². The number of hydrogen-bond donors (Lipinski definition) is 0. The van der Waals surface area contributed by atoms with Crippen molar-refractivity contribution in [2.24, 2.45) is 0 Å². The largest absolute Gasteiger partial charge is 1.00 e. The topological polar surface area (TPSA) is 63.2 Å². The van der Waals surface area contributed by atoms with Crippen molar-refractivity contribution in [3.63, 3.8) is 0 Å². The Labute approximate surface area is 178 Å². The standard InChI is InChI=1S/C11H8O3.2K/c12-10-6-8-4-2-1-3-7(8)5-9(10)11(13)14;;/h1-6,12H,(H,13,14);;/q;2*+1/p-2. The van der Waals surface area contributed by atoms with Gasteiger partial charge in [0.2, 0.25) is 0 Å². The van der Waals surface area contributed by atoms with E-state index < -0.39 is 11.7 Å². The molecule has 0 aliphatic carbocycles. The van der Waals surface area contributed by atoms with Crippen molar-refractivity contribution in [2.75, 3.05) is 0 Å². The maximum atomic E-state index is 11.3. The smallest absolute Gasteiger partial charge is 0.872 e. The van der Waals surface area contributed by atoms with E-state index in [2.05, 4.69) is 0 Å². The third-order valence-corrected chi connectivity index (χ3v) is 2.07. The van der Waals surface area contributed by atoms with Crippen LogP contribution in [0.25, 0.3) is 10.8 Å². The quantitative estimate of drug-likeness (QED) is 0.482. The Hall–Kier alpha value is 1.24. The zero-order valence-corrected chi connectivity index (χ0v) is 15.4. The van der Waals surface area contributed by atoms with E-state index in [1.807, 2.05) is 0 Å². The van der Waals surface area contributed by atoms with Gasteiger partial charge in [0.05, 0.1) is 5.97 Å². The number of benzene rings is 2. The molecular formula is C11H6K2O3. The Morgan fingerprint density at radius 1 is 1.00 bits per heavy atom. The second-order valence-electron chi connectivity index (χ2n) is 2.98. The van der Waals surface area contributed by atoms with Crippen LogP contribution in [0.5, 0.6) is 5.75 Å². The van der Waals surface area contributed by atoms with Gasteiger partial charge in [0.25, 0.3) is 0 Å². The predicted molar refractivity (Wildman–Crippen MR) is 47.7 cm³/mol. The summed E-state index contributed by atoms with van der Waals surface area (Å²) in [6.45, 7) is 0. The molecule has 3 nitrogen and oxygen atoms in total. The van der Waals surface area contributed by atoms with Gasteiger partial charge in [0, 0.05) is 0 Å². The average molecular weight is 264 g/mol. The van der Waals surface area contributed by atoms with E-state index >= 15 is 0 Å². The third kappa shape index (κ3) is 3.88. The van der Waals surface area contributed by atoms with Crippen LogP contribution in [0, 0.1) is 0 Å². The summed E-state index contributed by atoms with van der Waals surface area (Å²) in [6.07, 6.45) is 0. The number of carboxylic acids is 1. The Bertz CT molecular complexity index is 512. The minimum atomic E-state index is -1.43. The van der Waals surface area contributed by atoms with Crippen LogP contribution in [0.2, 0.25) is 0 Å². The first-order valence-electron chi connectivity index (χ1n) is 4.09. The van der Waals surface area contributed by atoms with Crippen LogP contribution in [-0.4, -0.2) is 5.97 Å². The van der Waals surface area contributed by atoms with Crippen LogP contribution in [0.3, 0.4) is 0 Å². The first-order chi connectivity index (χ1) is 6.68. The first kappa shape index (κ1) is 17.2. The summed E-state index contributed by atoms with van der Waals surface area (Å²) in [4.78, 5) is 10.6. The summed E-state index contributed by atoms with van der Waals surface area (Å²) in [6, 6.07) is 9.73. The van der Waals surface area contributed by atoms with Gasteiger partial charge in [0.1, 0.15) is 0 Å². The molecule has 16 heavy (non-hydrogen) atoms. The molecule has 0 fully saturated rings. The van der Waals surface area contributed by atoms with Gasteiger partial charge in [-0.15, -0.1) is 0 Å². The maximum Gasteiger partial charge on any atom is 1.00 e. The Kier molecular flexibility index (Phi) is 8.22. The molecule has 5 heteroatoms. The molecule has 0 spiro atoms. The van der Waals surface area contributed by atoms with E-state index in [0.717, 1.165) is 10.8 Å². The van der Waals surface area contributed by atoms with Gasteiger partial charge in [-0.25, -0.2) is 0 Å². The van der Waals surface area contributed by atoms with Crippen LogP contribution < -0.4 is 113 Å². The van der Waals surface area contributed by atoms with Crippen LogP contribution >= 0.6 is 0 Å². The molecule has 0 saturated heterocycles. The number of carboxylic acid groups (broad SMARTS) is 1. The second kappa shape index (κ2) is 7.63. The fourth-order valence-corrected chi connectivity index (χ4v) is 1.38. The molecule has 70 valence electrons. The van der Waals surface area contributed by atoms with Crippen molar-refractivity contribution in [1.29, 1.82) is 0 Å². The first-order valence-corrected chi connectivity index (χ1v) is 4.09. The zero-order chi connectivity index (χ0) is 10.1. The molecule has 0 N–H and O–H groups in total. The van der Waals surface area contributed by atoms with Gasteiger partial charge in [-0.1, -0.05) is 36.1 Å². The van der Waals surface area contributed by atoms with Crippen molar-refractivity contribution in [3.8, 4) is 5.75 Å². The molecule has 0 atom stereocenters. The van der Waals surface area contributed by atoms with Crippen LogP contribution in [0.15, 0.2) is 36.4 Å². The van der Waals surface area contributed by atoms with E-state index in [0.29, 0.717) is 0 Å². The van der Waals surface area contributed by atoms with Gasteiger partial charge in [-0.3, -0.25) is 0 Å². The van der Waals surface area contributed by atoms with Crippen LogP contribution in [0.1, 0.15) is 10.4 Å². The second-order valence-corrected chi connectivity index (χ2v) is 2.98. The molecule has 0 amide bonds. The summed E-state index contributed by atoms with van der Waals surface area (Å²) >= 11 is 0. The summed E-state index contributed by atoms with van der Waals surface area (Å²) in [7, 11) is 0. The van der Waals surface area contributed by atoms with E-state index in [-0.39, 0.29) is 108 Å². The number of fused-ring (bicyclic) bond motifs is 1. The Morgan fingerprint density at radius 3 is 2.00 bits per heavy atom. The number of carbonyl (C=O) groups is 1. The molecule has 0 aliphatic heterocycles. The SMILES string of the molecule is O=C([O-])c1cc2ccccc2cc1[O-].[K+].[K+]. The van der Waals surface area contributed by atoms with Crippen molar-refractivity contribution < 1.29 is 118 Å². The maximum absolute atomic E-state index is 11.3. The van der Waals surface area contributed by atoms with Gasteiger partial charge < -0.3 is 15.0 Å². The molecular weight excluding hydrogens is 258 g/mol. The molecule has 0 aromatic heterocycles. The van der Waals surface area contributed by atoms with E-state index in [1.165, 1.54) is 12.1 Å².